The molecule has 7 heteroatoms. The molecule has 1 saturated heterocycles. The fourth-order valence-electron chi connectivity index (χ4n) is 3.93. The number of aryl methyl sites for hydroxylation is 1. The number of rotatable bonds is 5. The molecule has 2 heterocycles. The minimum atomic E-state index is -0.788. The second-order valence-electron chi connectivity index (χ2n) is 8.07. The van der Waals surface area contributed by atoms with E-state index in [0.29, 0.717) is 17.0 Å². The van der Waals surface area contributed by atoms with Gasteiger partial charge < -0.3 is 9.47 Å². The second kappa shape index (κ2) is 8.42. The fourth-order valence-corrected chi connectivity index (χ4v) is 3.93. The summed E-state index contributed by atoms with van der Waals surface area (Å²) in [7, 11) is 1.53. The molecule has 1 atom stereocenters. The number of cyclic esters (lactones) is 1. The van der Waals surface area contributed by atoms with E-state index in [1.54, 1.807) is 18.2 Å². The molecule has 0 saturated carbocycles. The van der Waals surface area contributed by atoms with Crippen molar-refractivity contribution in [1.29, 1.82) is 0 Å². The van der Waals surface area contributed by atoms with Crippen LogP contribution in [0.2, 0.25) is 0 Å². The van der Waals surface area contributed by atoms with Crippen molar-refractivity contribution in [2.75, 3.05) is 7.11 Å². The monoisotopic (exact) mass is 434 g/mol. The molecule has 1 N–H and O–H groups in total. The van der Waals surface area contributed by atoms with Crippen molar-refractivity contribution in [1.82, 2.24) is 10.3 Å². The Labute approximate surface area is 185 Å². The van der Waals surface area contributed by atoms with E-state index in [0.717, 1.165) is 22.1 Å². The Balaban J connectivity index is 1.81. The van der Waals surface area contributed by atoms with Gasteiger partial charge in [0, 0.05) is 22.4 Å². The van der Waals surface area contributed by atoms with Crippen molar-refractivity contribution in [2.24, 2.45) is 5.92 Å². The lowest BCUT2D eigenvalue weighted by Gasteiger charge is -2.21. The van der Waals surface area contributed by atoms with Gasteiger partial charge in [0.2, 0.25) is 5.88 Å². The van der Waals surface area contributed by atoms with E-state index in [-0.39, 0.29) is 23.4 Å². The number of hydrogen-bond acceptors (Lipinski definition) is 5. The number of halogens is 1. The van der Waals surface area contributed by atoms with Crippen LogP contribution >= 0.6 is 0 Å². The van der Waals surface area contributed by atoms with Crippen LogP contribution in [0.3, 0.4) is 0 Å². The standard InChI is InChI=1S/C25H23FN2O4/c1-13(2)17(12-21-23(29)28-25(30)32-21)19-10-14(3)22(27-24(19)31-4)16-9-8-15-6-5-7-20(26)18(15)11-16/h5-13,17H,1-4H3,(H,28,29,30). The number of alkyl carbamates (subject to hydrolysis) is 1. The van der Waals surface area contributed by atoms with Gasteiger partial charge in [0.1, 0.15) is 5.82 Å². The Morgan fingerprint density at radius 1 is 1.16 bits per heavy atom. The van der Waals surface area contributed by atoms with Crippen LogP contribution in [-0.2, 0) is 9.53 Å². The highest BCUT2D eigenvalue weighted by Gasteiger charge is 2.30. The second-order valence-corrected chi connectivity index (χ2v) is 8.07. The zero-order valence-corrected chi connectivity index (χ0v) is 18.2. The van der Waals surface area contributed by atoms with Crippen molar-refractivity contribution in [2.45, 2.75) is 26.7 Å². The number of hydrogen-bond donors (Lipinski definition) is 1. The van der Waals surface area contributed by atoms with Gasteiger partial charge in [0.05, 0.1) is 12.8 Å². The van der Waals surface area contributed by atoms with Crippen molar-refractivity contribution >= 4 is 22.8 Å². The summed E-state index contributed by atoms with van der Waals surface area (Å²) in [5.41, 5.74) is 3.08. The summed E-state index contributed by atoms with van der Waals surface area (Å²) in [5.74, 6) is -0.737. The molecule has 1 unspecified atom stereocenters. The number of nitrogens with zero attached hydrogens (tertiary/aromatic N) is 1. The first-order valence-corrected chi connectivity index (χ1v) is 10.3. The Morgan fingerprint density at radius 2 is 1.94 bits per heavy atom. The lowest BCUT2D eigenvalue weighted by Crippen LogP contribution is -2.19. The van der Waals surface area contributed by atoms with Crippen molar-refractivity contribution in [3.63, 3.8) is 0 Å². The number of aromatic nitrogens is 1. The van der Waals surface area contributed by atoms with Gasteiger partial charge in [-0.15, -0.1) is 0 Å². The molecule has 0 aliphatic carbocycles. The highest BCUT2D eigenvalue weighted by atomic mass is 19.1. The number of benzene rings is 2. The Bertz CT molecular complexity index is 1270. The zero-order chi connectivity index (χ0) is 23.0. The number of methoxy groups -OCH3 is 1. The molecule has 1 aliphatic rings. The third kappa shape index (κ3) is 3.93. The fraction of sp³-hybridized carbons (Fsp3) is 0.240. The number of carbonyl (C=O) groups excluding carboxylic acids is 2. The minimum Gasteiger partial charge on any atom is -0.481 e. The average molecular weight is 434 g/mol. The molecule has 32 heavy (non-hydrogen) atoms. The van der Waals surface area contributed by atoms with Gasteiger partial charge in [-0.25, -0.2) is 14.2 Å². The Kier molecular flexibility index (Phi) is 5.65. The summed E-state index contributed by atoms with van der Waals surface area (Å²) in [6, 6.07) is 12.5. The van der Waals surface area contributed by atoms with E-state index < -0.39 is 12.0 Å². The van der Waals surface area contributed by atoms with Crippen LogP contribution in [-0.4, -0.2) is 24.1 Å². The SMILES string of the molecule is COc1nc(-c2ccc3cccc(F)c3c2)c(C)cc1C(C=C1OC(=O)NC1=O)C(C)C. The van der Waals surface area contributed by atoms with Gasteiger partial charge in [-0.1, -0.05) is 38.1 Å². The molecule has 6 nitrogen and oxygen atoms in total. The average Bonchev–Trinajstić information content (AvgIpc) is 3.08. The molecule has 0 radical (unpaired) electrons. The lowest BCUT2D eigenvalue weighted by atomic mass is 9.87. The van der Waals surface area contributed by atoms with Crippen LogP contribution in [0.5, 0.6) is 5.88 Å². The molecule has 2 amide bonds. The topological polar surface area (TPSA) is 77.5 Å². The number of pyridine rings is 1. The summed E-state index contributed by atoms with van der Waals surface area (Å²) in [6.07, 6.45) is 0.832. The molecule has 0 spiro atoms. The highest BCUT2D eigenvalue weighted by molar-refractivity contribution is 6.07. The van der Waals surface area contributed by atoms with Gasteiger partial charge in [0.15, 0.2) is 5.76 Å². The highest BCUT2D eigenvalue weighted by Crippen LogP contribution is 2.37. The van der Waals surface area contributed by atoms with E-state index in [4.69, 9.17) is 14.5 Å². The van der Waals surface area contributed by atoms with Crippen LogP contribution < -0.4 is 10.1 Å². The number of imide groups is 1. The first kappa shape index (κ1) is 21.5. The van der Waals surface area contributed by atoms with Gasteiger partial charge in [0.25, 0.3) is 5.91 Å². The molecule has 164 valence electrons. The molecular formula is C25H23FN2O4. The molecule has 3 aromatic rings. The van der Waals surface area contributed by atoms with E-state index in [1.807, 2.05) is 45.0 Å². The zero-order valence-electron chi connectivity index (χ0n) is 18.2. The Hall–Kier alpha value is -3.74. The first-order valence-electron chi connectivity index (χ1n) is 10.3. The first-order chi connectivity index (χ1) is 15.3. The predicted octanol–water partition coefficient (Wildman–Crippen LogP) is 5.25. The molecule has 4 rings (SSSR count). The number of amides is 2. The summed E-state index contributed by atoms with van der Waals surface area (Å²) >= 11 is 0. The van der Waals surface area contributed by atoms with Gasteiger partial charge in [-0.3, -0.25) is 10.1 Å². The number of carbonyl (C=O) groups is 2. The van der Waals surface area contributed by atoms with E-state index in [2.05, 4.69) is 5.32 Å². The number of fused-ring (bicyclic) bond motifs is 1. The summed E-state index contributed by atoms with van der Waals surface area (Å²) in [5, 5.41) is 3.44. The van der Waals surface area contributed by atoms with E-state index in [9.17, 15) is 14.0 Å². The number of allylic oxidation sites excluding steroid dienone is 1. The van der Waals surface area contributed by atoms with Crippen LogP contribution in [0.25, 0.3) is 22.0 Å². The van der Waals surface area contributed by atoms with E-state index >= 15 is 0 Å². The van der Waals surface area contributed by atoms with Gasteiger partial charge in [-0.05, 0) is 48.1 Å². The quantitative estimate of drug-likeness (QED) is 0.555. The maximum Gasteiger partial charge on any atom is 0.419 e. The smallest absolute Gasteiger partial charge is 0.419 e. The van der Waals surface area contributed by atoms with Gasteiger partial charge >= 0.3 is 6.09 Å². The van der Waals surface area contributed by atoms with Crippen molar-refractivity contribution < 1.29 is 23.5 Å². The maximum atomic E-state index is 14.3. The maximum absolute atomic E-state index is 14.3. The summed E-state index contributed by atoms with van der Waals surface area (Å²) in [6.45, 7) is 5.90. The summed E-state index contributed by atoms with van der Waals surface area (Å²) in [4.78, 5) is 28.1. The lowest BCUT2D eigenvalue weighted by molar-refractivity contribution is -0.116. The van der Waals surface area contributed by atoms with Crippen LogP contribution in [0.4, 0.5) is 9.18 Å². The third-order valence-electron chi connectivity index (χ3n) is 5.55. The van der Waals surface area contributed by atoms with Crippen LogP contribution in [0.15, 0.2) is 54.3 Å². The third-order valence-corrected chi connectivity index (χ3v) is 5.55. The van der Waals surface area contributed by atoms with Crippen molar-refractivity contribution in [3.05, 3.63) is 71.2 Å². The molecule has 1 fully saturated rings. The number of nitrogens with one attached hydrogen (secondary N) is 1. The van der Waals surface area contributed by atoms with Crippen LogP contribution in [0.1, 0.15) is 30.9 Å². The van der Waals surface area contributed by atoms with Gasteiger partial charge in [-0.2, -0.15) is 0 Å². The minimum absolute atomic E-state index is 0.0394. The normalized spacial score (nSPS) is 15.9. The Morgan fingerprint density at radius 3 is 2.59 bits per heavy atom. The number of ether oxygens (including phenoxy) is 2. The molecular weight excluding hydrogens is 411 g/mol. The molecule has 1 aromatic heterocycles. The largest absolute Gasteiger partial charge is 0.481 e. The van der Waals surface area contributed by atoms with Crippen molar-refractivity contribution in [3.8, 4) is 17.1 Å². The predicted molar refractivity (Wildman–Crippen MR) is 119 cm³/mol. The van der Waals surface area contributed by atoms with Crippen LogP contribution in [0, 0.1) is 18.7 Å². The van der Waals surface area contributed by atoms with E-state index in [1.165, 1.54) is 13.2 Å². The molecule has 1 aliphatic heterocycles. The molecule has 0 bridgehead atoms. The molecule has 2 aromatic carbocycles. The summed E-state index contributed by atoms with van der Waals surface area (Å²) < 4.78 is 24.9.